The Morgan fingerprint density at radius 2 is 1.53 bits per heavy atom. The number of nitrogens with zero attached hydrogens (tertiary/aromatic N) is 4. The van der Waals surface area contributed by atoms with Gasteiger partial charge in [0.25, 0.3) is 0 Å². The van der Waals surface area contributed by atoms with Gasteiger partial charge in [-0.1, -0.05) is 24.3 Å². The first kappa shape index (κ1) is 47.9. The average molecular weight is 921 g/mol. The van der Waals surface area contributed by atoms with Gasteiger partial charge in [-0.2, -0.15) is 0 Å². The molecule has 1 aliphatic heterocycles. The monoisotopic (exact) mass is 919 g/mol. The van der Waals surface area contributed by atoms with Crippen molar-refractivity contribution in [3.05, 3.63) is 77.8 Å². The number of carbonyl (C=O) groups excluding carboxylic acids is 4. The molecule has 4 amide bonds. The maximum atomic E-state index is 14.0. The van der Waals surface area contributed by atoms with Crippen molar-refractivity contribution in [2.24, 2.45) is 11.8 Å². The number of likely N-dealkylation sites (tertiary alicyclic amines) is 1. The predicted octanol–water partition coefficient (Wildman–Crippen LogP) is 6.86. The molecule has 0 spiro atoms. The van der Waals surface area contributed by atoms with Crippen molar-refractivity contribution < 1.29 is 37.1 Å². The second kappa shape index (κ2) is 20.5. The number of piperidine rings is 1. The van der Waals surface area contributed by atoms with Crippen LogP contribution in [-0.2, 0) is 35.5 Å². The largest absolute Gasteiger partial charge is 0.444 e. The Balaban J connectivity index is 1.13. The van der Waals surface area contributed by atoms with Gasteiger partial charge in [0.2, 0.25) is 27.1 Å². The molecule has 1 saturated heterocycles. The maximum absolute atomic E-state index is 14.0. The van der Waals surface area contributed by atoms with Crippen molar-refractivity contribution in [2.75, 3.05) is 25.0 Å². The normalized spacial score (nSPS) is 17.8. The zero-order valence-electron chi connectivity index (χ0n) is 37.1. The second-order valence-electron chi connectivity index (χ2n) is 18.4. The van der Waals surface area contributed by atoms with Gasteiger partial charge < -0.3 is 35.3 Å². The topological polar surface area (TPSA) is 227 Å². The average Bonchev–Trinajstić information content (AvgIpc) is 3.68. The number of hydrogen-bond donors (Lipinski definition) is 5. The van der Waals surface area contributed by atoms with Crippen molar-refractivity contribution in [1.29, 1.82) is 0 Å². The minimum atomic E-state index is -3.97. The third-order valence-electron chi connectivity index (χ3n) is 10.9. The summed E-state index contributed by atoms with van der Waals surface area (Å²) in [4.78, 5) is 61.3. The van der Waals surface area contributed by atoms with Crippen LogP contribution >= 0.6 is 11.6 Å². The number of sulfonamides is 1. The lowest BCUT2D eigenvalue weighted by molar-refractivity contribution is -0.130. The molecule has 2 aliphatic rings. The van der Waals surface area contributed by atoms with Crippen LogP contribution in [0, 0.1) is 11.8 Å². The highest BCUT2D eigenvalue weighted by molar-refractivity contribution is 7.89. The molecule has 17 nitrogen and oxygen atoms in total. The van der Waals surface area contributed by atoms with E-state index in [1.807, 2.05) is 18.2 Å². The summed E-state index contributed by atoms with van der Waals surface area (Å²) in [6.45, 7) is 12.0. The maximum Gasteiger partial charge on any atom is 0.410 e. The summed E-state index contributed by atoms with van der Waals surface area (Å²) in [5, 5.41) is 16.7. The molecule has 3 heterocycles. The number of benzene rings is 2. The number of aromatic amines is 1. The molecule has 4 aromatic rings. The van der Waals surface area contributed by atoms with Gasteiger partial charge in [0.1, 0.15) is 22.1 Å². The number of rotatable bonds is 13. The van der Waals surface area contributed by atoms with E-state index in [-0.39, 0.29) is 40.4 Å². The number of amides is 4. The fourth-order valence-electron chi connectivity index (χ4n) is 7.61. The molecule has 1 atom stereocenters. The summed E-state index contributed by atoms with van der Waals surface area (Å²) in [6, 6.07) is 14.5. The van der Waals surface area contributed by atoms with Gasteiger partial charge in [0.05, 0.1) is 0 Å². The molecule has 6 rings (SSSR count). The van der Waals surface area contributed by atoms with Crippen molar-refractivity contribution in [1.82, 2.24) is 40.4 Å². The van der Waals surface area contributed by atoms with Gasteiger partial charge in [0.15, 0.2) is 5.82 Å². The van der Waals surface area contributed by atoms with E-state index in [9.17, 15) is 27.6 Å². The third-order valence-corrected chi connectivity index (χ3v) is 12.5. The minimum absolute atomic E-state index is 0.0118. The van der Waals surface area contributed by atoms with E-state index in [0.717, 1.165) is 18.4 Å². The Kier molecular flexibility index (Phi) is 15.3. The van der Waals surface area contributed by atoms with Gasteiger partial charge in [-0.15, -0.1) is 10.2 Å². The van der Waals surface area contributed by atoms with Crippen LogP contribution in [0.2, 0.25) is 5.28 Å². The quantitative estimate of drug-likeness (QED) is 0.0931. The van der Waals surface area contributed by atoms with E-state index in [2.05, 4.69) is 40.8 Å². The first-order valence-electron chi connectivity index (χ1n) is 21.5. The lowest BCUT2D eigenvalue weighted by Gasteiger charge is -2.33. The van der Waals surface area contributed by atoms with Crippen LogP contribution in [0.4, 0.5) is 15.3 Å². The molecule has 0 unspecified atom stereocenters. The van der Waals surface area contributed by atoms with E-state index in [1.54, 1.807) is 89.0 Å². The van der Waals surface area contributed by atoms with Gasteiger partial charge >= 0.3 is 12.2 Å². The number of nitrogens with one attached hydrogen (secondary N) is 5. The lowest BCUT2D eigenvalue weighted by Crippen LogP contribution is -2.48. The summed E-state index contributed by atoms with van der Waals surface area (Å²) < 4.78 is 40.8. The Bertz CT molecular complexity index is 2380. The predicted molar refractivity (Wildman–Crippen MR) is 242 cm³/mol. The van der Waals surface area contributed by atoms with E-state index in [1.165, 1.54) is 6.20 Å². The molecule has 1 saturated carbocycles. The molecule has 64 heavy (non-hydrogen) atoms. The second-order valence-corrected chi connectivity index (χ2v) is 20.4. The Hall–Kier alpha value is -5.59. The number of ether oxygens (including phenoxy) is 2. The SMILES string of the molecule is CC(C)(C)OC(=O)NC[C@H]1CC[C@H](C(=O)N[C@@H](Cc2cccc(-c3cncc(S(=O)(=O)NC4CCN(C(=O)OC(C)(C)C)CC4)c3)c2)C(=O)Nc2ccc(-c3nnc(Cl)[nH]3)cc2)CC1. The van der Waals surface area contributed by atoms with Crippen LogP contribution in [-0.4, -0.2) is 100 Å². The zero-order valence-corrected chi connectivity index (χ0v) is 38.6. The summed E-state index contributed by atoms with van der Waals surface area (Å²) in [5.41, 5.74) is 1.90. The number of carbonyl (C=O) groups is 4. The molecular formula is C45H58ClN9O8S. The molecule has 0 bridgehead atoms. The Morgan fingerprint density at radius 3 is 2.17 bits per heavy atom. The number of H-pyrrole nitrogens is 1. The molecule has 2 aromatic carbocycles. The first-order valence-corrected chi connectivity index (χ1v) is 23.4. The van der Waals surface area contributed by atoms with Gasteiger partial charge in [-0.05, 0) is 139 Å². The Labute approximate surface area is 379 Å². The molecule has 19 heteroatoms. The van der Waals surface area contributed by atoms with E-state index in [4.69, 9.17) is 21.1 Å². The minimum Gasteiger partial charge on any atom is -0.444 e. The van der Waals surface area contributed by atoms with Crippen LogP contribution in [0.25, 0.3) is 22.5 Å². The molecule has 1 aliphatic carbocycles. The van der Waals surface area contributed by atoms with Gasteiger partial charge in [-0.3, -0.25) is 14.6 Å². The van der Waals surface area contributed by atoms with Crippen LogP contribution in [0.15, 0.2) is 71.9 Å². The summed E-state index contributed by atoms with van der Waals surface area (Å²) in [7, 11) is -3.97. The molecule has 344 valence electrons. The highest BCUT2D eigenvalue weighted by Crippen LogP contribution is 2.30. The zero-order chi connectivity index (χ0) is 46.2. The van der Waals surface area contributed by atoms with Crippen molar-refractivity contribution in [3.8, 4) is 22.5 Å². The van der Waals surface area contributed by atoms with Crippen LogP contribution in [0.3, 0.4) is 0 Å². The van der Waals surface area contributed by atoms with Crippen molar-refractivity contribution >= 4 is 51.3 Å². The molecular weight excluding hydrogens is 862 g/mol. The number of aromatic nitrogens is 4. The molecule has 2 aromatic heterocycles. The van der Waals surface area contributed by atoms with Crippen molar-refractivity contribution in [2.45, 2.75) is 115 Å². The Morgan fingerprint density at radius 1 is 0.844 bits per heavy atom. The van der Waals surface area contributed by atoms with E-state index < -0.39 is 45.4 Å². The smallest absolute Gasteiger partial charge is 0.410 e. The summed E-state index contributed by atoms with van der Waals surface area (Å²) >= 11 is 5.90. The molecule has 5 N–H and O–H groups in total. The summed E-state index contributed by atoms with van der Waals surface area (Å²) in [5.74, 6) is -0.332. The van der Waals surface area contributed by atoms with Crippen LogP contribution in [0.1, 0.15) is 85.6 Å². The third kappa shape index (κ3) is 14.0. The molecule has 0 radical (unpaired) electrons. The van der Waals surface area contributed by atoms with Crippen molar-refractivity contribution in [3.63, 3.8) is 0 Å². The van der Waals surface area contributed by atoms with Crippen LogP contribution < -0.4 is 20.7 Å². The highest BCUT2D eigenvalue weighted by atomic mass is 35.5. The van der Waals surface area contributed by atoms with E-state index >= 15 is 0 Å². The van der Waals surface area contributed by atoms with Gasteiger partial charge in [0, 0.05) is 67.2 Å². The molecule has 2 fully saturated rings. The first-order chi connectivity index (χ1) is 30.2. The van der Waals surface area contributed by atoms with Gasteiger partial charge in [-0.25, -0.2) is 22.7 Å². The highest BCUT2D eigenvalue weighted by Gasteiger charge is 2.32. The van der Waals surface area contributed by atoms with Crippen LogP contribution in [0.5, 0.6) is 0 Å². The summed E-state index contributed by atoms with van der Waals surface area (Å²) in [6.07, 6.45) is 5.58. The number of anilines is 1. The number of halogens is 1. The lowest BCUT2D eigenvalue weighted by atomic mass is 9.81. The number of hydrogen-bond acceptors (Lipinski definition) is 11. The van der Waals surface area contributed by atoms with E-state index in [0.29, 0.717) is 73.5 Å². The fraction of sp³-hybridized carbons (Fsp3) is 0.489. The standard InChI is InChI=1S/C45H58ClN9O8S/c1-44(2,3)62-42(58)48-25-28-10-12-31(13-11-28)39(56)50-37(40(57)49-34-16-14-30(15-17-34)38-51-41(46)53-52-38)23-29-8-7-9-32(22-29)33-24-36(27-47-26-33)64(60,61)54-35-18-20-55(21-19-35)43(59)63-45(4,5)6/h7-9,14-17,22,24,26-28,31,35,37,54H,10-13,18-21,23,25H2,1-6H3,(H,48,58)(H,49,57)(H,50,56)(H,51,52,53)/t28-,31-,37-/m0/s1. The number of pyridine rings is 1. The number of alkyl carbamates (subject to hydrolysis) is 1. The fourth-order valence-corrected chi connectivity index (χ4v) is 9.03.